The van der Waals surface area contributed by atoms with Gasteiger partial charge in [-0.2, -0.15) is 0 Å². The molecule has 8 heteroatoms. The van der Waals surface area contributed by atoms with Crippen molar-refractivity contribution in [3.63, 3.8) is 0 Å². The van der Waals surface area contributed by atoms with E-state index in [1.807, 2.05) is 4.57 Å². The van der Waals surface area contributed by atoms with Crippen LogP contribution < -0.4 is 0 Å². The molecule has 0 amide bonds. The van der Waals surface area contributed by atoms with E-state index in [1.54, 1.807) is 12.4 Å². The monoisotopic (exact) mass is 428 g/mol. The van der Waals surface area contributed by atoms with Crippen molar-refractivity contribution >= 4 is 23.7 Å². The molecule has 0 aliphatic carbocycles. The smallest absolute Gasteiger partial charge is 0.334 e. The van der Waals surface area contributed by atoms with E-state index in [9.17, 15) is 19.8 Å². The number of aryl methyl sites for hydroxylation is 1. The number of aliphatic hydroxyl groups is 1. The molecule has 1 rings (SSSR count). The largest absolute Gasteiger partial charge is 0.481 e. The highest BCUT2D eigenvalue weighted by atomic mass is 32.2. The zero-order valence-corrected chi connectivity index (χ0v) is 18.3. The van der Waals surface area contributed by atoms with Gasteiger partial charge in [-0.15, -0.1) is 11.8 Å². The number of carboxylic acid groups (broad SMARTS) is 2. The van der Waals surface area contributed by atoms with E-state index in [0.29, 0.717) is 12.4 Å². The molecule has 0 aliphatic heterocycles. The number of aliphatic carboxylic acids is 2. The van der Waals surface area contributed by atoms with Crippen LogP contribution in [0.5, 0.6) is 0 Å². The summed E-state index contributed by atoms with van der Waals surface area (Å²) >= 11 is 1.12. The molecule has 29 heavy (non-hydrogen) atoms. The van der Waals surface area contributed by atoms with Crippen LogP contribution in [0.15, 0.2) is 12.4 Å². The van der Waals surface area contributed by atoms with Gasteiger partial charge < -0.3 is 19.9 Å². The van der Waals surface area contributed by atoms with Gasteiger partial charge in [0.1, 0.15) is 5.82 Å². The summed E-state index contributed by atoms with van der Waals surface area (Å²) in [6, 6.07) is 0. The second kappa shape index (κ2) is 15.3. The van der Waals surface area contributed by atoms with Gasteiger partial charge in [-0.05, 0) is 6.42 Å². The number of aliphatic hydroxyl groups excluding tert-OH is 1. The van der Waals surface area contributed by atoms with Crippen molar-refractivity contribution in [2.45, 2.75) is 95.5 Å². The summed E-state index contributed by atoms with van der Waals surface area (Å²) in [5, 5.41) is 27.3. The molecule has 0 saturated carbocycles. The molecule has 0 unspecified atom stereocenters. The zero-order valence-electron chi connectivity index (χ0n) is 17.5. The van der Waals surface area contributed by atoms with Crippen LogP contribution >= 0.6 is 11.8 Å². The van der Waals surface area contributed by atoms with Crippen LogP contribution in [0.4, 0.5) is 0 Å². The number of hydrogen-bond donors (Lipinski definition) is 3. The summed E-state index contributed by atoms with van der Waals surface area (Å²) in [5.41, 5.74) is 0. The lowest BCUT2D eigenvalue weighted by atomic mass is 10.1. The van der Waals surface area contributed by atoms with Gasteiger partial charge in [-0.25, -0.2) is 9.78 Å². The van der Waals surface area contributed by atoms with Crippen molar-refractivity contribution in [2.75, 3.05) is 5.75 Å². The lowest BCUT2D eigenvalue weighted by Gasteiger charge is -2.20. The molecule has 0 radical (unpaired) electrons. The minimum absolute atomic E-state index is 0.0906. The summed E-state index contributed by atoms with van der Waals surface area (Å²) in [6.45, 7) is 2.94. The Hall–Kier alpha value is -1.54. The maximum Gasteiger partial charge on any atom is 0.334 e. The molecule has 0 aliphatic rings. The summed E-state index contributed by atoms with van der Waals surface area (Å²) in [6.07, 6.45) is 14.1. The minimum atomic E-state index is -1.62. The van der Waals surface area contributed by atoms with Crippen LogP contribution in [0.2, 0.25) is 0 Å². The predicted molar refractivity (Wildman–Crippen MR) is 115 cm³/mol. The fourth-order valence-corrected chi connectivity index (χ4v) is 4.44. The Labute approximate surface area is 177 Å². The van der Waals surface area contributed by atoms with Crippen molar-refractivity contribution in [2.24, 2.45) is 0 Å². The molecule has 0 fully saturated rings. The average Bonchev–Trinajstić information content (AvgIpc) is 3.14. The molecular formula is C21H36N2O5S. The van der Waals surface area contributed by atoms with Crippen LogP contribution in [0.3, 0.4) is 0 Å². The van der Waals surface area contributed by atoms with E-state index in [0.717, 1.165) is 24.6 Å². The highest BCUT2D eigenvalue weighted by Gasteiger charge is 2.31. The maximum absolute atomic E-state index is 11.3. The summed E-state index contributed by atoms with van der Waals surface area (Å²) in [7, 11) is 0. The topological polar surface area (TPSA) is 113 Å². The van der Waals surface area contributed by atoms with Gasteiger partial charge in [0.05, 0.1) is 11.7 Å². The van der Waals surface area contributed by atoms with Gasteiger partial charge in [0, 0.05) is 24.7 Å². The van der Waals surface area contributed by atoms with Gasteiger partial charge in [0.2, 0.25) is 0 Å². The molecule has 3 N–H and O–H groups in total. The highest BCUT2D eigenvalue weighted by Crippen LogP contribution is 2.32. The maximum atomic E-state index is 11.3. The first kappa shape index (κ1) is 25.5. The SMILES string of the molecule is CCCCCCCCCCCCn1ccnc1[C@@H](SCCC(=O)O)[C@@H](O)C(=O)O. The van der Waals surface area contributed by atoms with Crippen molar-refractivity contribution in [3.8, 4) is 0 Å². The minimum Gasteiger partial charge on any atom is -0.481 e. The van der Waals surface area contributed by atoms with Crippen molar-refractivity contribution < 1.29 is 24.9 Å². The Morgan fingerprint density at radius 1 is 1.03 bits per heavy atom. The third kappa shape index (κ3) is 10.7. The summed E-state index contributed by atoms with van der Waals surface area (Å²) in [4.78, 5) is 26.3. The van der Waals surface area contributed by atoms with Crippen LogP contribution in [-0.4, -0.2) is 48.7 Å². The van der Waals surface area contributed by atoms with Crippen LogP contribution in [0.25, 0.3) is 0 Å². The lowest BCUT2D eigenvalue weighted by Crippen LogP contribution is -2.28. The second-order valence-electron chi connectivity index (χ2n) is 7.38. The van der Waals surface area contributed by atoms with E-state index in [4.69, 9.17) is 5.11 Å². The van der Waals surface area contributed by atoms with Gasteiger partial charge >= 0.3 is 11.9 Å². The third-order valence-corrected chi connectivity index (χ3v) is 6.18. The van der Waals surface area contributed by atoms with Gasteiger partial charge in [-0.3, -0.25) is 4.79 Å². The van der Waals surface area contributed by atoms with Crippen molar-refractivity contribution in [1.29, 1.82) is 0 Å². The number of unbranched alkanes of at least 4 members (excludes halogenated alkanes) is 9. The lowest BCUT2D eigenvalue weighted by molar-refractivity contribution is -0.146. The Balaban J connectivity index is 2.42. The molecule has 1 aromatic heterocycles. The summed E-state index contributed by atoms with van der Waals surface area (Å²) in [5.74, 6) is -1.57. The Morgan fingerprint density at radius 3 is 2.17 bits per heavy atom. The Bertz CT molecular complexity index is 593. The fraction of sp³-hybridized carbons (Fsp3) is 0.762. The van der Waals surface area contributed by atoms with Gasteiger partial charge in [-0.1, -0.05) is 64.7 Å². The number of carbonyl (C=O) groups is 2. The molecule has 0 saturated heterocycles. The van der Waals surface area contributed by atoms with E-state index in [-0.39, 0.29) is 12.2 Å². The number of aromatic nitrogens is 2. The molecular weight excluding hydrogens is 392 g/mol. The summed E-state index contributed by atoms with van der Waals surface area (Å²) < 4.78 is 1.88. The number of rotatable bonds is 18. The number of hydrogen-bond acceptors (Lipinski definition) is 5. The standard InChI is InChI=1S/C21H36N2O5S/c1-2-3-4-5-6-7-8-9-10-11-14-23-15-13-22-20(23)19(18(26)21(27)28)29-16-12-17(24)25/h13,15,18-19,26H,2-12,14,16H2,1H3,(H,24,25)(H,27,28)/t18-,19+/m1/s1. The average molecular weight is 429 g/mol. The first-order chi connectivity index (χ1) is 14.0. The van der Waals surface area contributed by atoms with E-state index < -0.39 is 23.3 Å². The van der Waals surface area contributed by atoms with Crippen LogP contribution in [0, 0.1) is 0 Å². The normalized spacial score (nSPS) is 13.3. The molecule has 1 heterocycles. The highest BCUT2D eigenvalue weighted by molar-refractivity contribution is 7.99. The number of nitrogens with zero attached hydrogens (tertiary/aromatic N) is 2. The number of imidazole rings is 1. The van der Waals surface area contributed by atoms with Crippen LogP contribution in [-0.2, 0) is 16.1 Å². The predicted octanol–water partition coefficient (Wildman–Crippen LogP) is 4.50. The van der Waals surface area contributed by atoms with E-state index >= 15 is 0 Å². The quantitative estimate of drug-likeness (QED) is 0.295. The molecule has 2 atom stereocenters. The third-order valence-electron chi connectivity index (χ3n) is 4.91. The van der Waals surface area contributed by atoms with Crippen molar-refractivity contribution in [1.82, 2.24) is 9.55 Å². The Kier molecular flexibility index (Phi) is 13.5. The van der Waals surface area contributed by atoms with E-state index in [1.165, 1.54) is 51.4 Å². The Morgan fingerprint density at radius 2 is 1.62 bits per heavy atom. The molecule has 0 bridgehead atoms. The van der Waals surface area contributed by atoms with Crippen molar-refractivity contribution in [3.05, 3.63) is 18.2 Å². The van der Waals surface area contributed by atoms with E-state index in [2.05, 4.69) is 11.9 Å². The second-order valence-corrected chi connectivity index (χ2v) is 8.63. The molecule has 7 nitrogen and oxygen atoms in total. The first-order valence-corrected chi connectivity index (χ1v) is 11.8. The first-order valence-electron chi connectivity index (χ1n) is 10.7. The fourth-order valence-electron chi connectivity index (χ4n) is 3.25. The zero-order chi connectivity index (χ0) is 21.5. The number of carboxylic acids is 2. The van der Waals surface area contributed by atoms with Gasteiger partial charge in [0.15, 0.2) is 6.10 Å². The van der Waals surface area contributed by atoms with Gasteiger partial charge in [0.25, 0.3) is 0 Å². The molecule has 0 aromatic carbocycles. The van der Waals surface area contributed by atoms with Crippen LogP contribution in [0.1, 0.15) is 88.6 Å². The molecule has 0 spiro atoms. The molecule has 166 valence electrons. The number of thioether (sulfide) groups is 1. The molecule has 1 aromatic rings.